The van der Waals surface area contributed by atoms with E-state index in [2.05, 4.69) is 13.8 Å². The van der Waals surface area contributed by atoms with E-state index in [0.717, 1.165) is 12.0 Å². The van der Waals surface area contributed by atoms with E-state index in [1.165, 1.54) is 18.1 Å². The van der Waals surface area contributed by atoms with Crippen LogP contribution in [0.15, 0.2) is 24.3 Å². The molecule has 1 radical (unpaired) electrons. The molecule has 11 heavy (non-hydrogen) atoms. The second-order valence-electron chi connectivity index (χ2n) is 2.64. The van der Waals surface area contributed by atoms with Crippen molar-refractivity contribution in [3.8, 4) is 0 Å². The topological polar surface area (TPSA) is 0 Å². The predicted octanol–water partition coefficient (Wildman–Crippen LogP) is 3.18. The Bertz CT molecular complexity index is 213. The summed E-state index contributed by atoms with van der Waals surface area (Å²) in [6.07, 6.45) is 1.02. The summed E-state index contributed by atoms with van der Waals surface area (Å²) in [5, 5.41) is 0. The van der Waals surface area contributed by atoms with E-state index >= 15 is 0 Å². The quantitative estimate of drug-likeness (QED) is 0.609. The maximum absolute atomic E-state index is 12.4. The molecule has 0 amide bonds. The van der Waals surface area contributed by atoms with Crippen LogP contribution in [0.25, 0.3) is 0 Å². The van der Waals surface area contributed by atoms with Crippen LogP contribution in [-0.4, -0.2) is 0 Å². The van der Waals surface area contributed by atoms with Crippen molar-refractivity contribution in [1.29, 1.82) is 0 Å². The molecule has 0 aliphatic heterocycles. The molecule has 0 unspecified atom stereocenters. The van der Waals surface area contributed by atoms with E-state index in [1.807, 2.05) is 12.1 Å². The summed E-state index contributed by atoms with van der Waals surface area (Å²) in [6, 6.07) is 6.62. The molecule has 0 aliphatic rings. The lowest BCUT2D eigenvalue weighted by Crippen LogP contribution is -1.91. The first-order valence-electron chi connectivity index (χ1n) is 3.82. The van der Waals surface area contributed by atoms with Crippen LogP contribution in [0.3, 0.4) is 0 Å². The van der Waals surface area contributed by atoms with Gasteiger partial charge in [0.2, 0.25) is 0 Å². The Hall–Kier alpha value is -0.850. The van der Waals surface area contributed by atoms with Gasteiger partial charge in [-0.15, -0.1) is 0 Å². The van der Waals surface area contributed by atoms with Crippen molar-refractivity contribution in [2.45, 2.75) is 20.3 Å². The second-order valence-corrected chi connectivity index (χ2v) is 2.64. The van der Waals surface area contributed by atoms with Crippen molar-refractivity contribution >= 4 is 0 Å². The number of rotatable bonds is 2. The van der Waals surface area contributed by atoms with Gasteiger partial charge in [0.1, 0.15) is 5.82 Å². The van der Waals surface area contributed by atoms with E-state index in [1.54, 1.807) is 0 Å². The summed E-state index contributed by atoms with van der Waals surface area (Å²) in [6.45, 7) is 4.16. The monoisotopic (exact) mass is 151 g/mol. The van der Waals surface area contributed by atoms with E-state index in [0.29, 0.717) is 0 Å². The third-order valence-electron chi connectivity index (χ3n) is 1.87. The minimum absolute atomic E-state index is 0.169. The maximum Gasteiger partial charge on any atom is 0.123 e. The fourth-order valence-electron chi connectivity index (χ4n) is 0.939. The summed E-state index contributed by atoms with van der Waals surface area (Å²) < 4.78 is 12.4. The highest BCUT2D eigenvalue weighted by molar-refractivity contribution is 5.28. The highest BCUT2D eigenvalue weighted by Crippen LogP contribution is 2.16. The molecule has 59 valence electrons. The largest absolute Gasteiger partial charge is 0.207 e. The van der Waals surface area contributed by atoms with Gasteiger partial charge in [0.05, 0.1) is 0 Å². The van der Waals surface area contributed by atoms with Gasteiger partial charge in [-0.1, -0.05) is 26.0 Å². The predicted molar refractivity (Wildman–Crippen MR) is 44.7 cm³/mol. The van der Waals surface area contributed by atoms with Crippen LogP contribution in [-0.2, 0) is 0 Å². The van der Waals surface area contributed by atoms with Gasteiger partial charge < -0.3 is 0 Å². The standard InChI is InChI=1S/C10H12F/c1-3-8(2)9-4-6-10(11)7-5-9/h4-7H,3H2,1-2H3. The summed E-state index contributed by atoms with van der Waals surface area (Å²) in [4.78, 5) is 0. The molecule has 0 saturated heterocycles. The Labute approximate surface area is 67.1 Å². The number of halogens is 1. The average molecular weight is 151 g/mol. The normalized spacial score (nSPS) is 10.5. The Morgan fingerprint density at radius 1 is 1.27 bits per heavy atom. The molecule has 0 fully saturated rings. The van der Waals surface area contributed by atoms with Gasteiger partial charge in [-0.3, -0.25) is 0 Å². The molecule has 0 spiro atoms. The van der Waals surface area contributed by atoms with Gasteiger partial charge in [0, 0.05) is 5.92 Å². The van der Waals surface area contributed by atoms with Gasteiger partial charge in [-0.2, -0.15) is 0 Å². The van der Waals surface area contributed by atoms with Crippen molar-refractivity contribution in [1.82, 2.24) is 0 Å². The zero-order chi connectivity index (χ0) is 8.27. The summed E-state index contributed by atoms with van der Waals surface area (Å²) in [5.74, 6) is 1.13. The maximum atomic E-state index is 12.4. The summed E-state index contributed by atoms with van der Waals surface area (Å²) >= 11 is 0. The smallest absolute Gasteiger partial charge is 0.123 e. The molecule has 0 bridgehead atoms. The lowest BCUT2D eigenvalue weighted by Gasteiger charge is -2.06. The van der Waals surface area contributed by atoms with Crippen LogP contribution in [0.5, 0.6) is 0 Å². The van der Waals surface area contributed by atoms with Gasteiger partial charge in [0.25, 0.3) is 0 Å². The molecule has 1 aromatic rings. The summed E-state index contributed by atoms with van der Waals surface area (Å²) in [7, 11) is 0. The Morgan fingerprint density at radius 2 is 1.82 bits per heavy atom. The summed E-state index contributed by atoms with van der Waals surface area (Å²) in [5.41, 5.74) is 1.13. The van der Waals surface area contributed by atoms with Crippen LogP contribution < -0.4 is 0 Å². The minimum atomic E-state index is -0.169. The molecule has 0 saturated carbocycles. The minimum Gasteiger partial charge on any atom is -0.207 e. The first-order valence-corrected chi connectivity index (χ1v) is 3.82. The molecule has 0 atom stereocenters. The lowest BCUT2D eigenvalue weighted by molar-refractivity contribution is 0.627. The van der Waals surface area contributed by atoms with Crippen LogP contribution in [0.1, 0.15) is 25.8 Å². The van der Waals surface area contributed by atoms with Crippen molar-refractivity contribution in [2.24, 2.45) is 0 Å². The van der Waals surface area contributed by atoms with Gasteiger partial charge in [-0.05, 0) is 24.1 Å². The fraction of sp³-hybridized carbons (Fsp3) is 0.300. The van der Waals surface area contributed by atoms with Crippen LogP contribution in [0, 0.1) is 11.7 Å². The van der Waals surface area contributed by atoms with Crippen LogP contribution in [0.4, 0.5) is 4.39 Å². The van der Waals surface area contributed by atoms with E-state index in [9.17, 15) is 4.39 Å². The molecule has 0 aromatic heterocycles. The van der Waals surface area contributed by atoms with Gasteiger partial charge >= 0.3 is 0 Å². The van der Waals surface area contributed by atoms with E-state index in [4.69, 9.17) is 0 Å². The van der Waals surface area contributed by atoms with Crippen LogP contribution in [0.2, 0.25) is 0 Å². The van der Waals surface area contributed by atoms with Gasteiger partial charge in [-0.25, -0.2) is 4.39 Å². The SMILES string of the molecule is CC[C](C)c1ccc(F)cc1. The molecule has 0 aliphatic carbocycles. The molecule has 0 N–H and O–H groups in total. The highest BCUT2D eigenvalue weighted by atomic mass is 19.1. The number of hydrogen-bond donors (Lipinski definition) is 0. The molecular weight excluding hydrogens is 139 g/mol. The van der Waals surface area contributed by atoms with E-state index < -0.39 is 0 Å². The highest BCUT2D eigenvalue weighted by Gasteiger charge is 2.01. The van der Waals surface area contributed by atoms with E-state index in [-0.39, 0.29) is 5.82 Å². The zero-order valence-corrected chi connectivity index (χ0v) is 6.89. The number of benzene rings is 1. The number of hydrogen-bond acceptors (Lipinski definition) is 0. The molecule has 1 aromatic carbocycles. The Kier molecular flexibility index (Phi) is 2.64. The van der Waals surface area contributed by atoms with Crippen molar-refractivity contribution in [2.75, 3.05) is 0 Å². The first kappa shape index (κ1) is 8.25. The molecule has 0 heterocycles. The average Bonchev–Trinajstić information content (AvgIpc) is 2.05. The Balaban J connectivity index is 2.81. The lowest BCUT2D eigenvalue weighted by atomic mass is 9.99. The third kappa shape index (κ3) is 2.04. The second kappa shape index (κ2) is 3.51. The van der Waals surface area contributed by atoms with Crippen molar-refractivity contribution < 1.29 is 4.39 Å². The third-order valence-corrected chi connectivity index (χ3v) is 1.87. The first-order chi connectivity index (χ1) is 5.24. The molecule has 0 nitrogen and oxygen atoms in total. The molecule has 1 rings (SSSR count). The van der Waals surface area contributed by atoms with Crippen LogP contribution >= 0.6 is 0 Å². The van der Waals surface area contributed by atoms with Gasteiger partial charge in [0.15, 0.2) is 0 Å². The fourth-order valence-corrected chi connectivity index (χ4v) is 0.939. The molecule has 1 heteroatoms. The Morgan fingerprint density at radius 3 is 2.27 bits per heavy atom. The van der Waals surface area contributed by atoms with Crippen molar-refractivity contribution in [3.63, 3.8) is 0 Å². The molecular formula is C10H12F. The van der Waals surface area contributed by atoms with Crippen molar-refractivity contribution in [3.05, 3.63) is 41.6 Å². The zero-order valence-electron chi connectivity index (χ0n) is 6.89.